The molecular weight excluding hydrogens is 238 g/mol. The molecule has 0 saturated heterocycles. The number of nitrogens with two attached hydrogens (primary N) is 1. The molecule has 1 aromatic carbocycles. The van der Waals surface area contributed by atoms with Crippen LogP contribution in [0.4, 0.5) is 0 Å². The number of hydrogen-bond donors (Lipinski definition) is 2. The second-order valence-corrected chi connectivity index (χ2v) is 5.10. The van der Waals surface area contributed by atoms with Crippen molar-refractivity contribution in [2.45, 2.75) is 58.6 Å². The Hall–Kier alpha value is -1.06. The molecule has 2 unspecified atom stereocenters. The summed E-state index contributed by atoms with van der Waals surface area (Å²) in [4.78, 5) is 0. The summed E-state index contributed by atoms with van der Waals surface area (Å²) in [5, 5.41) is 10.0. The summed E-state index contributed by atoms with van der Waals surface area (Å²) in [5.74, 6) is 0.921. The Morgan fingerprint density at radius 2 is 2.00 bits per heavy atom. The van der Waals surface area contributed by atoms with Gasteiger partial charge in [-0.25, -0.2) is 0 Å². The summed E-state index contributed by atoms with van der Waals surface area (Å²) in [6.45, 7) is 6.79. The monoisotopic (exact) mass is 265 g/mol. The first-order chi connectivity index (χ1) is 9.08. The zero-order valence-corrected chi connectivity index (χ0v) is 12.4. The van der Waals surface area contributed by atoms with E-state index >= 15 is 0 Å². The lowest BCUT2D eigenvalue weighted by Crippen LogP contribution is -2.34. The predicted octanol–water partition coefficient (Wildman–Crippen LogP) is 2.81. The van der Waals surface area contributed by atoms with Gasteiger partial charge in [0.15, 0.2) is 0 Å². The van der Waals surface area contributed by atoms with Crippen LogP contribution in [0.1, 0.15) is 44.2 Å². The highest BCUT2D eigenvalue weighted by Crippen LogP contribution is 2.22. The number of rotatable bonds is 8. The molecule has 0 aromatic heterocycles. The van der Waals surface area contributed by atoms with Crippen LogP contribution in [0.3, 0.4) is 0 Å². The van der Waals surface area contributed by atoms with E-state index in [1.54, 1.807) is 0 Å². The highest BCUT2D eigenvalue weighted by atomic mass is 16.5. The number of hydrogen-bond acceptors (Lipinski definition) is 3. The SMILES string of the molecule is CCCC(N)C(O)CCc1cc(C)ccc1OCC. The summed E-state index contributed by atoms with van der Waals surface area (Å²) in [5.41, 5.74) is 8.31. The maximum atomic E-state index is 10.0. The zero-order chi connectivity index (χ0) is 14.3. The quantitative estimate of drug-likeness (QED) is 0.760. The first kappa shape index (κ1) is 16.0. The van der Waals surface area contributed by atoms with E-state index in [1.807, 2.05) is 19.1 Å². The molecule has 0 bridgehead atoms. The summed E-state index contributed by atoms with van der Waals surface area (Å²) in [6.07, 6.45) is 2.93. The Morgan fingerprint density at radius 1 is 1.26 bits per heavy atom. The van der Waals surface area contributed by atoms with Gasteiger partial charge in [-0.3, -0.25) is 0 Å². The van der Waals surface area contributed by atoms with Crippen molar-refractivity contribution in [2.75, 3.05) is 6.61 Å². The molecule has 19 heavy (non-hydrogen) atoms. The van der Waals surface area contributed by atoms with Crippen LogP contribution in [0.15, 0.2) is 18.2 Å². The maximum absolute atomic E-state index is 10.0. The van der Waals surface area contributed by atoms with Crippen molar-refractivity contribution < 1.29 is 9.84 Å². The van der Waals surface area contributed by atoms with E-state index in [0.717, 1.165) is 30.6 Å². The molecule has 1 rings (SSSR count). The minimum Gasteiger partial charge on any atom is -0.494 e. The molecule has 0 aliphatic rings. The Kier molecular flexibility index (Phi) is 6.89. The minimum absolute atomic E-state index is 0.120. The summed E-state index contributed by atoms with van der Waals surface area (Å²) in [6, 6.07) is 6.06. The van der Waals surface area contributed by atoms with Crippen molar-refractivity contribution >= 4 is 0 Å². The third-order valence-electron chi connectivity index (χ3n) is 3.34. The van der Waals surface area contributed by atoms with Gasteiger partial charge in [0, 0.05) is 6.04 Å². The van der Waals surface area contributed by atoms with Gasteiger partial charge in [0.2, 0.25) is 0 Å². The molecule has 3 heteroatoms. The molecule has 0 fully saturated rings. The van der Waals surface area contributed by atoms with E-state index < -0.39 is 6.10 Å². The zero-order valence-electron chi connectivity index (χ0n) is 12.4. The minimum atomic E-state index is -0.435. The molecule has 0 aliphatic heterocycles. The fourth-order valence-corrected chi connectivity index (χ4v) is 2.24. The van der Waals surface area contributed by atoms with E-state index in [0.29, 0.717) is 13.0 Å². The molecule has 2 atom stereocenters. The average molecular weight is 265 g/mol. The van der Waals surface area contributed by atoms with Crippen LogP contribution in [-0.4, -0.2) is 23.9 Å². The van der Waals surface area contributed by atoms with Crippen LogP contribution in [0.2, 0.25) is 0 Å². The molecule has 0 radical (unpaired) electrons. The third-order valence-corrected chi connectivity index (χ3v) is 3.34. The normalized spacial score (nSPS) is 14.2. The lowest BCUT2D eigenvalue weighted by atomic mass is 9.98. The number of aliphatic hydroxyl groups is 1. The number of aryl methyl sites for hydroxylation is 2. The Balaban J connectivity index is 2.63. The standard InChI is InChI=1S/C16H27NO2/c1-4-6-14(17)15(18)9-8-13-11-12(3)7-10-16(13)19-5-2/h7,10-11,14-15,18H,4-6,8-9,17H2,1-3H3. The van der Waals surface area contributed by atoms with Crippen LogP contribution in [0.5, 0.6) is 5.75 Å². The van der Waals surface area contributed by atoms with Crippen LogP contribution in [-0.2, 0) is 6.42 Å². The number of ether oxygens (including phenoxy) is 1. The smallest absolute Gasteiger partial charge is 0.122 e. The van der Waals surface area contributed by atoms with Crippen LogP contribution >= 0.6 is 0 Å². The molecule has 1 aromatic rings. The lowest BCUT2D eigenvalue weighted by Gasteiger charge is -2.19. The van der Waals surface area contributed by atoms with Gasteiger partial charge in [-0.05, 0) is 44.7 Å². The van der Waals surface area contributed by atoms with Gasteiger partial charge < -0.3 is 15.6 Å². The van der Waals surface area contributed by atoms with Crippen molar-refractivity contribution in [3.63, 3.8) is 0 Å². The fraction of sp³-hybridized carbons (Fsp3) is 0.625. The van der Waals surface area contributed by atoms with Crippen LogP contribution in [0, 0.1) is 6.92 Å². The largest absolute Gasteiger partial charge is 0.494 e. The molecule has 0 heterocycles. The Morgan fingerprint density at radius 3 is 2.63 bits per heavy atom. The van der Waals surface area contributed by atoms with Gasteiger partial charge >= 0.3 is 0 Å². The average Bonchev–Trinajstić information content (AvgIpc) is 2.39. The number of aliphatic hydroxyl groups excluding tert-OH is 1. The second kappa shape index (κ2) is 8.18. The number of benzene rings is 1. The van der Waals surface area contributed by atoms with E-state index in [1.165, 1.54) is 5.56 Å². The van der Waals surface area contributed by atoms with Gasteiger partial charge in [-0.1, -0.05) is 31.0 Å². The first-order valence-electron chi connectivity index (χ1n) is 7.24. The fourth-order valence-electron chi connectivity index (χ4n) is 2.24. The second-order valence-electron chi connectivity index (χ2n) is 5.10. The van der Waals surface area contributed by atoms with Gasteiger partial charge in [-0.2, -0.15) is 0 Å². The molecule has 3 nitrogen and oxygen atoms in total. The molecule has 108 valence electrons. The lowest BCUT2D eigenvalue weighted by molar-refractivity contribution is 0.130. The van der Waals surface area contributed by atoms with E-state index in [2.05, 4.69) is 19.9 Å². The summed E-state index contributed by atoms with van der Waals surface area (Å²) >= 11 is 0. The van der Waals surface area contributed by atoms with E-state index in [9.17, 15) is 5.11 Å². The van der Waals surface area contributed by atoms with E-state index in [-0.39, 0.29) is 6.04 Å². The Bertz CT molecular complexity index is 379. The summed E-state index contributed by atoms with van der Waals surface area (Å²) < 4.78 is 5.62. The highest BCUT2D eigenvalue weighted by molar-refractivity contribution is 5.37. The van der Waals surface area contributed by atoms with Crippen molar-refractivity contribution in [1.82, 2.24) is 0 Å². The van der Waals surface area contributed by atoms with Crippen molar-refractivity contribution in [3.05, 3.63) is 29.3 Å². The topological polar surface area (TPSA) is 55.5 Å². The molecule has 3 N–H and O–H groups in total. The molecule has 0 saturated carbocycles. The van der Waals surface area contributed by atoms with Crippen molar-refractivity contribution in [3.8, 4) is 5.75 Å². The van der Waals surface area contributed by atoms with Gasteiger partial charge in [0.1, 0.15) is 5.75 Å². The highest BCUT2D eigenvalue weighted by Gasteiger charge is 2.14. The first-order valence-corrected chi connectivity index (χ1v) is 7.24. The molecular formula is C16H27NO2. The summed E-state index contributed by atoms with van der Waals surface area (Å²) in [7, 11) is 0. The third kappa shape index (κ3) is 5.21. The molecule has 0 amide bonds. The van der Waals surface area contributed by atoms with Crippen LogP contribution in [0.25, 0.3) is 0 Å². The van der Waals surface area contributed by atoms with E-state index in [4.69, 9.17) is 10.5 Å². The van der Waals surface area contributed by atoms with Crippen LogP contribution < -0.4 is 10.5 Å². The van der Waals surface area contributed by atoms with Gasteiger partial charge in [-0.15, -0.1) is 0 Å². The van der Waals surface area contributed by atoms with Gasteiger partial charge in [0.05, 0.1) is 12.7 Å². The van der Waals surface area contributed by atoms with Crippen molar-refractivity contribution in [1.29, 1.82) is 0 Å². The molecule has 0 spiro atoms. The maximum Gasteiger partial charge on any atom is 0.122 e. The van der Waals surface area contributed by atoms with Crippen molar-refractivity contribution in [2.24, 2.45) is 5.73 Å². The molecule has 0 aliphatic carbocycles. The Labute approximate surface area is 116 Å². The predicted molar refractivity (Wildman–Crippen MR) is 79.6 cm³/mol. The van der Waals surface area contributed by atoms with Gasteiger partial charge in [0.25, 0.3) is 0 Å².